The van der Waals surface area contributed by atoms with Gasteiger partial charge in [0, 0.05) is 0 Å². The number of carbonyl (C=O) groups is 1. The van der Waals surface area contributed by atoms with E-state index >= 15 is 0 Å². The first-order valence-electron chi connectivity index (χ1n) is 7.22. The summed E-state index contributed by atoms with van der Waals surface area (Å²) in [6, 6.07) is 7.52. The van der Waals surface area contributed by atoms with E-state index in [1.807, 2.05) is 45.0 Å². The molecule has 0 fully saturated rings. The molecule has 1 rings (SSSR count). The number of carbonyl (C=O) groups excluding carboxylic acids is 1. The smallest absolute Gasteiger partial charge is 0.224 e. The Morgan fingerprint density at radius 2 is 1.80 bits per heavy atom. The lowest BCUT2D eigenvalue weighted by Crippen LogP contribution is -2.51. The van der Waals surface area contributed by atoms with Gasteiger partial charge in [0.25, 0.3) is 0 Å². The Hall–Kier alpha value is -1.55. The quantitative estimate of drug-likeness (QED) is 0.767. The first-order chi connectivity index (χ1) is 9.59. The number of rotatable bonds is 8. The lowest BCUT2D eigenvalue weighted by molar-refractivity contribution is -0.123. The van der Waals surface area contributed by atoms with Gasteiger partial charge in [0.1, 0.15) is 5.75 Å². The van der Waals surface area contributed by atoms with E-state index in [0.717, 1.165) is 24.2 Å². The van der Waals surface area contributed by atoms with Gasteiger partial charge in [0.15, 0.2) is 0 Å². The molecule has 0 aromatic heterocycles. The van der Waals surface area contributed by atoms with Crippen LogP contribution in [0.15, 0.2) is 24.3 Å². The van der Waals surface area contributed by atoms with Crippen LogP contribution in [0.3, 0.4) is 0 Å². The van der Waals surface area contributed by atoms with Gasteiger partial charge in [-0.3, -0.25) is 4.79 Å². The van der Waals surface area contributed by atoms with Crippen molar-refractivity contribution in [3.8, 4) is 5.75 Å². The molecule has 0 heterocycles. The second kappa shape index (κ2) is 7.90. The van der Waals surface area contributed by atoms with Gasteiger partial charge in [0.2, 0.25) is 5.91 Å². The van der Waals surface area contributed by atoms with Crippen molar-refractivity contribution in [1.82, 2.24) is 5.32 Å². The second-order valence-corrected chi connectivity index (χ2v) is 4.95. The van der Waals surface area contributed by atoms with Gasteiger partial charge < -0.3 is 15.2 Å². The van der Waals surface area contributed by atoms with Gasteiger partial charge in [0.05, 0.1) is 25.2 Å². The zero-order chi connectivity index (χ0) is 15.0. The maximum atomic E-state index is 12.1. The number of amides is 1. The van der Waals surface area contributed by atoms with Crippen LogP contribution in [0.5, 0.6) is 5.75 Å². The summed E-state index contributed by atoms with van der Waals surface area (Å²) < 4.78 is 5.36. The van der Waals surface area contributed by atoms with E-state index in [4.69, 9.17) is 4.74 Å². The number of aliphatic hydroxyl groups is 1. The Morgan fingerprint density at radius 1 is 1.20 bits per heavy atom. The molecule has 4 heteroatoms. The molecule has 20 heavy (non-hydrogen) atoms. The molecule has 0 radical (unpaired) electrons. The Labute approximate surface area is 121 Å². The van der Waals surface area contributed by atoms with Crippen molar-refractivity contribution in [2.45, 2.75) is 45.6 Å². The van der Waals surface area contributed by atoms with Crippen LogP contribution in [0.2, 0.25) is 0 Å². The Morgan fingerprint density at radius 3 is 2.25 bits per heavy atom. The van der Waals surface area contributed by atoms with Gasteiger partial charge in [-0.25, -0.2) is 0 Å². The molecule has 0 bridgehead atoms. The number of ether oxygens (including phenoxy) is 1. The fourth-order valence-corrected chi connectivity index (χ4v) is 2.09. The van der Waals surface area contributed by atoms with Crippen LogP contribution >= 0.6 is 0 Å². The van der Waals surface area contributed by atoms with Crippen LogP contribution < -0.4 is 10.1 Å². The van der Waals surface area contributed by atoms with Gasteiger partial charge in [-0.15, -0.1) is 0 Å². The summed E-state index contributed by atoms with van der Waals surface area (Å²) in [6.45, 7) is 6.47. The van der Waals surface area contributed by atoms with E-state index in [1.165, 1.54) is 0 Å². The van der Waals surface area contributed by atoms with E-state index in [-0.39, 0.29) is 12.5 Å². The zero-order valence-corrected chi connectivity index (χ0v) is 12.6. The van der Waals surface area contributed by atoms with Crippen LogP contribution in [0.1, 0.15) is 39.2 Å². The minimum Gasteiger partial charge on any atom is -0.494 e. The summed E-state index contributed by atoms with van der Waals surface area (Å²) >= 11 is 0. The predicted molar refractivity (Wildman–Crippen MR) is 79.9 cm³/mol. The molecule has 0 saturated heterocycles. The summed E-state index contributed by atoms with van der Waals surface area (Å²) in [5, 5.41) is 12.4. The van der Waals surface area contributed by atoms with Crippen molar-refractivity contribution in [1.29, 1.82) is 0 Å². The highest BCUT2D eigenvalue weighted by molar-refractivity contribution is 5.79. The Kier molecular flexibility index (Phi) is 6.52. The van der Waals surface area contributed by atoms with Crippen molar-refractivity contribution < 1.29 is 14.6 Å². The second-order valence-electron chi connectivity index (χ2n) is 4.95. The van der Waals surface area contributed by atoms with Crippen molar-refractivity contribution in [2.75, 3.05) is 13.2 Å². The molecule has 0 aliphatic carbocycles. The first-order valence-corrected chi connectivity index (χ1v) is 7.22. The normalized spacial score (nSPS) is 11.2. The van der Waals surface area contributed by atoms with Crippen molar-refractivity contribution >= 4 is 5.91 Å². The molecule has 2 N–H and O–H groups in total. The fourth-order valence-electron chi connectivity index (χ4n) is 2.09. The van der Waals surface area contributed by atoms with Gasteiger partial charge in [-0.2, -0.15) is 0 Å². The summed E-state index contributed by atoms with van der Waals surface area (Å²) in [7, 11) is 0. The van der Waals surface area contributed by atoms with E-state index in [2.05, 4.69) is 5.32 Å². The molecule has 0 aliphatic rings. The van der Waals surface area contributed by atoms with Gasteiger partial charge in [-0.05, 0) is 37.5 Å². The van der Waals surface area contributed by atoms with Crippen LogP contribution in [-0.2, 0) is 11.2 Å². The van der Waals surface area contributed by atoms with Crippen LogP contribution in [0, 0.1) is 0 Å². The highest BCUT2D eigenvalue weighted by atomic mass is 16.5. The largest absolute Gasteiger partial charge is 0.494 e. The minimum atomic E-state index is -0.498. The molecule has 4 nitrogen and oxygen atoms in total. The maximum Gasteiger partial charge on any atom is 0.224 e. The summed E-state index contributed by atoms with van der Waals surface area (Å²) in [4.78, 5) is 12.1. The molecule has 1 aromatic carbocycles. The average molecular weight is 279 g/mol. The number of aliphatic hydroxyl groups excluding tert-OH is 1. The van der Waals surface area contributed by atoms with Crippen molar-refractivity contribution in [2.24, 2.45) is 0 Å². The maximum absolute atomic E-state index is 12.1. The standard InChI is InChI=1S/C16H25NO3/c1-4-16(5-2,12-18)17-15(19)11-13-7-9-14(10-8-13)20-6-3/h7-10,18H,4-6,11-12H2,1-3H3,(H,17,19). The Bertz CT molecular complexity index is 402. The number of nitrogens with one attached hydrogen (secondary N) is 1. The minimum absolute atomic E-state index is 0.0327. The zero-order valence-electron chi connectivity index (χ0n) is 12.6. The fraction of sp³-hybridized carbons (Fsp3) is 0.562. The third-order valence-corrected chi connectivity index (χ3v) is 3.66. The molecule has 0 unspecified atom stereocenters. The Balaban J connectivity index is 2.61. The predicted octanol–water partition coefficient (Wildman–Crippen LogP) is 2.30. The highest BCUT2D eigenvalue weighted by Gasteiger charge is 2.26. The number of hydrogen-bond acceptors (Lipinski definition) is 3. The van der Waals surface area contributed by atoms with E-state index < -0.39 is 5.54 Å². The van der Waals surface area contributed by atoms with Crippen LogP contribution in [0.4, 0.5) is 0 Å². The molecular formula is C16H25NO3. The van der Waals surface area contributed by atoms with Gasteiger partial charge in [-0.1, -0.05) is 26.0 Å². The molecule has 1 amide bonds. The topological polar surface area (TPSA) is 58.6 Å². The molecular weight excluding hydrogens is 254 g/mol. The molecule has 0 saturated carbocycles. The lowest BCUT2D eigenvalue weighted by Gasteiger charge is -2.30. The first kappa shape index (κ1) is 16.5. The molecule has 0 atom stereocenters. The highest BCUT2D eigenvalue weighted by Crippen LogP contribution is 2.16. The summed E-state index contributed by atoms with van der Waals surface area (Å²) in [5.41, 5.74) is 0.438. The lowest BCUT2D eigenvalue weighted by atomic mass is 9.93. The number of benzene rings is 1. The number of hydrogen-bond donors (Lipinski definition) is 2. The van der Waals surface area contributed by atoms with E-state index in [0.29, 0.717) is 13.0 Å². The molecule has 0 spiro atoms. The molecule has 0 aliphatic heterocycles. The summed E-state index contributed by atoms with van der Waals surface area (Å²) in [5.74, 6) is 0.746. The summed E-state index contributed by atoms with van der Waals surface area (Å²) in [6.07, 6.45) is 1.75. The average Bonchev–Trinajstić information content (AvgIpc) is 2.47. The third-order valence-electron chi connectivity index (χ3n) is 3.66. The molecule has 1 aromatic rings. The van der Waals surface area contributed by atoms with Crippen LogP contribution in [-0.4, -0.2) is 29.8 Å². The SMILES string of the molecule is CCOc1ccc(CC(=O)NC(CC)(CC)CO)cc1. The van der Waals surface area contributed by atoms with Gasteiger partial charge >= 0.3 is 0 Å². The van der Waals surface area contributed by atoms with Crippen molar-refractivity contribution in [3.63, 3.8) is 0 Å². The van der Waals surface area contributed by atoms with E-state index in [1.54, 1.807) is 0 Å². The van der Waals surface area contributed by atoms with Crippen LogP contribution in [0.25, 0.3) is 0 Å². The third kappa shape index (κ3) is 4.53. The monoisotopic (exact) mass is 279 g/mol. The van der Waals surface area contributed by atoms with E-state index in [9.17, 15) is 9.90 Å². The molecule has 112 valence electrons. The van der Waals surface area contributed by atoms with Crippen molar-refractivity contribution in [3.05, 3.63) is 29.8 Å².